The molecule has 0 bridgehead atoms. The molecule has 222 valence electrons. The number of aromatic amines is 1. The van der Waals surface area contributed by atoms with E-state index in [9.17, 15) is 9.59 Å². The van der Waals surface area contributed by atoms with E-state index in [-0.39, 0.29) is 5.91 Å². The molecule has 0 spiro atoms. The Balaban J connectivity index is 1.33. The third-order valence-electron chi connectivity index (χ3n) is 7.06. The van der Waals surface area contributed by atoms with Crippen molar-refractivity contribution in [2.45, 2.75) is 122 Å². The molecule has 0 fully saturated rings. The van der Waals surface area contributed by atoms with E-state index in [0.29, 0.717) is 23.8 Å². The fourth-order valence-corrected chi connectivity index (χ4v) is 5.45. The zero-order chi connectivity index (χ0) is 28.5. The number of nitrogens with one attached hydrogen (secondary N) is 2. The molecule has 0 aliphatic rings. The summed E-state index contributed by atoms with van der Waals surface area (Å²) in [6.45, 7) is 2.91. The quantitative estimate of drug-likeness (QED) is 0.0974. The number of rotatable bonds is 24. The van der Waals surface area contributed by atoms with Gasteiger partial charge in [0.05, 0.1) is 5.69 Å². The lowest BCUT2D eigenvalue weighted by Gasteiger charge is -2.04. The molecule has 0 atom stereocenters. The Hall–Kier alpha value is -2.41. The Morgan fingerprint density at radius 1 is 0.825 bits per heavy atom. The van der Waals surface area contributed by atoms with Crippen LogP contribution < -0.4 is 5.32 Å². The molecule has 6 nitrogen and oxygen atoms in total. The molecule has 2 N–H and O–H groups in total. The first kappa shape index (κ1) is 33.8. The minimum Gasteiger partial charge on any atom is -0.351 e. The molecule has 0 aromatic carbocycles. The third-order valence-corrected chi connectivity index (χ3v) is 8.08. The smallest absolute Gasteiger partial charge is 0.269 e. The van der Waals surface area contributed by atoms with Gasteiger partial charge in [0, 0.05) is 36.7 Å². The number of aromatic nitrogens is 3. The normalized spacial score (nSPS) is 11.3. The highest BCUT2D eigenvalue weighted by Crippen LogP contribution is 2.17. The van der Waals surface area contributed by atoms with Crippen molar-refractivity contribution >= 4 is 22.8 Å². The first-order valence-electron chi connectivity index (χ1n) is 15.8. The van der Waals surface area contributed by atoms with Crippen LogP contribution in [0.3, 0.4) is 0 Å². The predicted octanol–water partition coefficient (Wildman–Crippen LogP) is 9.06. The summed E-state index contributed by atoms with van der Waals surface area (Å²) in [5.41, 5.74) is 2.12. The molecular formula is C33H52N4O2S. The van der Waals surface area contributed by atoms with Crippen LogP contribution in [-0.4, -0.2) is 38.5 Å². The van der Waals surface area contributed by atoms with E-state index in [0.717, 1.165) is 49.1 Å². The number of allylic oxidation sites excluding steroid dienone is 2. The van der Waals surface area contributed by atoms with Crippen molar-refractivity contribution in [2.24, 2.45) is 0 Å². The highest BCUT2D eigenvalue weighted by atomic mass is 32.2. The molecule has 40 heavy (non-hydrogen) atoms. The monoisotopic (exact) mass is 568 g/mol. The van der Waals surface area contributed by atoms with Gasteiger partial charge in [-0.15, -0.1) is 0 Å². The second-order valence-corrected chi connectivity index (χ2v) is 11.8. The molecule has 7 heteroatoms. The van der Waals surface area contributed by atoms with Crippen LogP contribution in [0.4, 0.5) is 0 Å². The van der Waals surface area contributed by atoms with Gasteiger partial charge in [0.2, 0.25) is 0 Å². The lowest BCUT2D eigenvalue weighted by Crippen LogP contribution is -2.24. The molecule has 0 saturated carbocycles. The Kier molecular flexibility index (Phi) is 19.7. The van der Waals surface area contributed by atoms with E-state index in [1.165, 1.54) is 88.8 Å². The highest BCUT2D eigenvalue weighted by Gasteiger charge is 2.10. The van der Waals surface area contributed by atoms with Gasteiger partial charge in [-0.2, -0.15) is 5.10 Å². The topological polar surface area (TPSA) is 87.7 Å². The fraction of sp³-hybridized carbons (Fsp3) is 0.636. The van der Waals surface area contributed by atoms with Crippen LogP contribution in [0.15, 0.2) is 42.7 Å². The summed E-state index contributed by atoms with van der Waals surface area (Å²) in [6.07, 6.45) is 29.6. The molecular weight excluding hydrogens is 516 g/mol. The van der Waals surface area contributed by atoms with Crippen molar-refractivity contribution in [1.82, 2.24) is 20.5 Å². The predicted molar refractivity (Wildman–Crippen MR) is 170 cm³/mol. The molecule has 0 saturated heterocycles. The number of carbonyl (C=O) groups is 2. The van der Waals surface area contributed by atoms with Gasteiger partial charge in [0.25, 0.3) is 5.91 Å². The van der Waals surface area contributed by atoms with Crippen molar-refractivity contribution in [2.75, 3.05) is 12.3 Å². The number of carbonyl (C=O) groups excluding carboxylic acids is 2. The standard InChI is InChI=1S/C33H52N4O2S/c1-2-3-4-5-6-7-8-9-10-11-12-13-14-15-18-21-32(38)40-27-20-17-16-19-24-35-33(39)31-28-30(36-37-31)29-22-25-34-26-23-29/h9-10,22-23,25-26,28H,2-8,11-21,24,27H2,1H3,(H,35,39)(H,36,37)/b10-9-. The first-order valence-corrected chi connectivity index (χ1v) is 16.7. The van der Waals surface area contributed by atoms with Gasteiger partial charge in [0.1, 0.15) is 5.69 Å². The van der Waals surface area contributed by atoms with Crippen LogP contribution in [0.1, 0.15) is 133 Å². The average Bonchev–Trinajstić information content (AvgIpc) is 3.47. The number of amides is 1. The zero-order valence-corrected chi connectivity index (χ0v) is 25.6. The minimum atomic E-state index is -0.135. The first-order chi connectivity index (χ1) is 19.7. The second kappa shape index (κ2) is 23.3. The Morgan fingerprint density at radius 2 is 1.45 bits per heavy atom. The molecule has 0 aliphatic heterocycles. The third kappa shape index (κ3) is 16.6. The lowest BCUT2D eigenvalue weighted by molar-refractivity contribution is -0.111. The van der Waals surface area contributed by atoms with Crippen molar-refractivity contribution < 1.29 is 9.59 Å². The summed E-state index contributed by atoms with van der Waals surface area (Å²) >= 11 is 1.50. The Bertz CT molecular complexity index is 945. The van der Waals surface area contributed by atoms with Crippen LogP contribution in [0, 0.1) is 0 Å². The summed E-state index contributed by atoms with van der Waals surface area (Å²) in [7, 11) is 0. The number of thioether (sulfide) groups is 1. The van der Waals surface area contributed by atoms with E-state index in [1.54, 1.807) is 18.5 Å². The van der Waals surface area contributed by atoms with Crippen molar-refractivity contribution in [3.8, 4) is 11.3 Å². The van der Waals surface area contributed by atoms with Crippen LogP contribution in [0.2, 0.25) is 0 Å². The largest absolute Gasteiger partial charge is 0.351 e. The minimum absolute atomic E-state index is 0.135. The van der Waals surface area contributed by atoms with Crippen molar-refractivity contribution in [3.63, 3.8) is 0 Å². The van der Waals surface area contributed by atoms with Crippen LogP contribution in [0.25, 0.3) is 11.3 Å². The lowest BCUT2D eigenvalue weighted by atomic mass is 10.1. The fourth-order valence-electron chi connectivity index (χ4n) is 4.58. The highest BCUT2D eigenvalue weighted by molar-refractivity contribution is 8.13. The van der Waals surface area contributed by atoms with Gasteiger partial charge in [-0.1, -0.05) is 95.0 Å². The van der Waals surface area contributed by atoms with E-state index < -0.39 is 0 Å². The number of nitrogens with zero attached hydrogens (tertiary/aromatic N) is 2. The van der Waals surface area contributed by atoms with Gasteiger partial charge >= 0.3 is 0 Å². The Morgan fingerprint density at radius 3 is 2.17 bits per heavy atom. The van der Waals surface area contributed by atoms with E-state index >= 15 is 0 Å². The molecule has 0 radical (unpaired) electrons. The summed E-state index contributed by atoms with van der Waals surface area (Å²) in [4.78, 5) is 28.4. The number of unbranched alkanes of at least 4 members (excludes halogenated alkanes) is 14. The number of pyridine rings is 1. The second-order valence-electron chi connectivity index (χ2n) is 10.6. The molecule has 0 aliphatic carbocycles. The maximum Gasteiger partial charge on any atom is 0.269 e. The zero-order valence-electron chi connectivity index (χ0n) is 24.8. The number of H-pyrrole nitrogens is 1. The number of hydrogen-bond donors (Lipinski definition) is 2. The van der Waals surface area contributed by atoms with Gasteiger partial charge in [-0.05, 0) is 63.1 Å². The van der Waals surface area contributed by atoms with Crippen LogP contribution in [0.5, 0.6) is 0 Å². The van der Waals surface area contributed by atoms with Gasteiger partial charge < -0.3 is 5.32 Å². The van der Waals surface area contributed by atoms with E-state index in [1.807, 2.05) is 12.1 Å². The summed E-state index contributed by atoms with van der Waals surface area (Å²) < 4.78 is 0. The molecule has 1 amide bonds. The van der Waals surface area contributed by atoms with Crippen molar-refractivity contribution in [3.05, 3.63) is 48.4 Å². The molecule has 2 aromatic rings. The van der Waals surface area contributed by atoms with Gasteiger partial charge in [0.15, 0.2) is 5.12 Å². The number of hydrogen-bond acceptors (Lipinski definition) is 5. The maximum atomic E-state index is 12.3. The molecule has 2 heterocycles. The Labute approximate surface area is 247 Å². The maximum absolute atomic E-state index is 12.3. The molecule has 2 rings (SSSR count). The van der Waals surface area contributed by atoms with E-state index in [4.69, 9.17) is 0 Å². The molecule has 2 aromatic heterocycles. The van der Waals surface area contributed by atoms with Crippen molar-refractivity contribution in [1.29, 1.82) is 0 Å². The van der Waals surface area contributed by atoms with Crippen LogP contribution in [-0.2, 0) is 4.79 Å². The summed E-state index contributed by atoms with van der Waals surface area (Å²) in [6, 6.07) is 5.49. The molecule has 0 unspecified atom stereocenters. The van der Waals surface area contributed by atoms with Gasteiger partial charge in [-0.25, -0.2) is 0 Å². The summed E-state index contributed by atoms with van der Waals surface area (Å²) in [5.74, 6) is 0.770. The van der Waals surface area contributed by atoms with Gasteiger partial charge in [-0.3, -0.25) is 19.7 Å². The summed E-state index contributed by atoms with van der Waals surface area (Å²) in [5, 5.41) is 10.3. The van der Waals surface area contributed by atoms with Crippen LogP contribution >= 0.6 is 11.8 Å². The van der Waals surface area contributed by atoms with E-state index in [2.05, 4.69) is 39.6 Å². The average molecular weight is 569 g/mol. The SMILES string of the molecule is CCCCCCCC/C=C\CCCCCCCC(=O)SCCCCCCNC(=O)c1cc(-c2ccncc2)n[nH]1.